The van der Waals surface area contributed by atoms with Crippen molar-refractivity contribution in [3.63, 3.8) is 0 Å². The van der Waals surface area contributed by atoms with Crippen LogP contribution < -0.4 is 5.11 Å². The molecule has 1 fully saturated rings. The number of quaternary nitrogens is 1. The molecule has 1 heterocycles. The number of carbonyl (C=O) groups is 2. The van der Waals surface area contributed by atoms with Crippen LogP contribution in [0.3, 0.4) is 0 Å². The van der Waals surface area contributed by atoms with E-state index in [9.17, 15) is 28.6 Å². The van der Waals surface area contributed by atoms with Crippen LogP contribution in [0.25, 0.3) is 0 Å². The number of carboxylic acid groups (broad SMARTS) is 2. The summed E-state index contributed by atoms with van der Waals surface area (Å²) in [5.74, 6) is -3.73. The van der Waals surface area contributed by atoms with Gasteiger partial charge in [0.1, 0.15) is 18.2 Å². The summed E-state index contributed by atoms with van der Waals surface area (Å²) >= 11 is 0. The minimum absolute atomic E-state index is 0.0109. The van der Waals surface area contributed by atoms with Gasteiger partial charge in [-0.3, -0.25) is 9.28 Å². The Morgan fingerprint density at radius 2 is 1.96 bits per heavy atom. The molecule has 3 unspecified atom stereocenters. The van der Waals surface area contributed by atoms with Gasteiger partial charge in [0.2, 0.25) is 0 Å². The van der Waals surface area contributed by atoms with Crippen LogP contribution >= 0.6 is 0 Å². The predicted molar refractivity (Wildman–Crippen MR) is 88.7 cm³/mol. The number of carbonyl (C=O) groups excluding carboxylic acids is 1. The number of nitrogens with zero attached hydrogens (tertiary/aromatic N) is 1. The van der Waals surface area contributed by atoms with Crippen molar-refractivity contribution in [1.82, 2.24) is 0 Å². The molecule has 5 nitrogen and oxygen atoms in total. The van der Waals surface area contributed by atoms with E-state index in [2.05, 4.69) is 0 Å². The summed E-state index contributed by atoms with van der Waals surface area (Å²) in [5, 5.41) is 21.9. The number of amides is 1. The second-order valence-corrected chi connectivity index (χ2v) is 7.91. The van der Waals surface area contributed by atoms with Crippen molar-refractivity contribution in [1.29, 1.82) is 0 Å². The van der Waals surface area contributed by atoms with Gasteiger partial charge in [-0.05, 0) is 38.8 Å². The Balaban J connectivity index is 2.69. The van der Waals surface area contributed by atoms with Crippen LogP contribution in [0.15, 0.2) is 18.2 Å². The summed E-state index contributed by atoms with van der Waals surface area (Å²) in [6.45, 7) is 8.05. The number of hydrogen-bond acceptors (Lipinski definition) is 3. The summed E-state index contributed by atoms with van der Waals surface area (Å²) in [4.78, 5) is 24.2. The number of benzene rings is 1. The molecule has 1 aliphatic heterocycles. The first-order valence-electron chi connectivity index (χ1n) is 8.53. The predicted octanol–water partition coefficient (Wildman–Crippen LogP) is 3.05. The molecule has 2 rings (SSSR count). The highest BCUT2D eigenvalue weighted by Gasteiger charge is 2.59. The molecule has 0 spiro atoms. The largest absolute Gasteiger partial charge is 0.498 e. The van der Waals surface area contributed by atoms with Gasteiger partial charge in [0.05, 0.1) is 23.4 Å². The van der Waals surface area contributed by atoms with Gasteiger partial charge < -0.3 is 15.0 Å². The minimum atomic E-state index is -1.37. The molecule has 1 N–H and O–H groups in total. The summed E-state index contributed by atoms with van der Waals surface area (Å²) in [7, 11) is 0. The van der Waals surface area contributed by atoms with E-state index in [4.69, 9.17) is 0 Å². The van der Waals surface area contributed by atoms with Crippen molar-refractivity contribution in [2.45, 2.75) is 52.0 Å². The van der Waals surface area contributed by atoms with Crippen LogP contribution in [0.4, 0.5) is 13.6 Å². The van der Waals surface area contributed by atoms with Crippen molar-refractivity contribution in [3.05, 3.63) is 41.9 Å². The number of hydrogen-bond donors (Lipinski definition) is 1. The van der Waals surface area contributed by atoms with Crippen molar-refractivity contribution in [3.8, 4) is 0 Å². The van der Waals surface area contributed by atoms with Gasteiger partial charge in [0.25, 0.3) is 6.09 Å². The third-order valence-corrected chi connectivity index (χ3v) is 5.82. The van der Waals surface area contributed by atoms with Crippen LogP contribution in [0, 0.1) is 23.6 Å². The Morgan fingerprint density at radius 1 is 1.35 bits per heavy atom. The third-order valence-electron chi connectivity index (χ3n) is 5.82. The highest BCUT2D eigenvalue weighted by atomic mass is 19.1. The molecule has 1 aromatic carbocycles. The number of rotatable bonds is 3. The lowest BCUT2D eigenvalue weighted by atomic mass is 9.64. The average Bonchev–Trinajstić information content (AvgIpc) is 2.52. The Morgan fingerprint density at radius 3 is 2.38 bits per heavy atom. The van der Waals surface area contributed by atoms with E-state index in [0.29, 0.717) is 6.07 Å². The van der Waals surface area contributed by atoms with E-state index >= 15 is 0 Å². The Kier molecular flexibility index (Phi) is 5.16. The van der Waals surface area contributed by atoms with Crippen molar-refractivity contribution in [2.75, 3.05) is 6.54 Å². The molecule has 1 aromatic rings. The van der Waals surface area contributed by atoms with Crippen molar-refractivity contribution >= 4 is 12.1 Å². The zero-order valence-electron chi connectivity index (χ0n) is 15.4. The average molecular weight is 368 g/mol. The first-order chi connectivity index (χ1) is 11.9. The maximum absolute atomic E-state index is 14.5. The van der Waals surface area contributed by atoms with Crippen molar-refractivity contribution < 1.29 is 33.1 Å². The van der Waals surface area contributed by atoms with Crippen LogP contribution in [0.2, 0.25) is 0 Å². The second-order valence-electron chi connectivity index (χ2n) is 7.91. The molecule has 1 amide bonds. The fourth-order valence-corrected chi connectivity index (χ4v) is 3.93. The van der Waals surface area contributed by atoms with E-state index in [0.717, 1.165) is 6.07 Å². The lowest BCUT2D eigenvalue weighted by Gasteiger charge is -2.55. The minimum Gasteiger partial charge on any atom is -0.498 e. The van der Waals surface area contributed by atoms with Crippen molar-refractivity contribution in [2.24, 2.45) is 5.41 Å². The quantitative estimate of drug-likeness (QED) is 0.832. The molecule has 0 aliphatic carbocycles. The van der Waals surface area contributed by atoms with Gasteiger partial charge in [-0.25, -0.2) is 8.78 Å². The first kappa shape index (κ1) is 20.3. The van der Waals surface area contributed by atoms with E-state index in [1.54, 1.807) is 27.7 Å². The number of aliphatic carboxylic acids is 1. The fraction of sp³-hybridized carbons (Fsp3) is 0.526. The van der Waals surface area contributed by atoms with Gasteiger partial charge in [-0.1, -0.05) is 13.0 Å². The summed E-state index contributed by atoms with van der Waals surface area (Å²) < 4.78 is 27.3. The number of likely N-dealkylation sites (tertiary alicyclic amines) is 1. The normalized spacial score (nSPS) is 29.4. The molecule has 0 saturated carbocycles. The lowest BCUT2D eigenvalue weighted by molar-refractivity contribution is -0.900. The standard InChI is InChI=1S/C19H25F2NO4/c1-5-19(16(23)24)8-9-22(17(25)26,18(2,3)4)11-14(19)13-7-6-12(20)10-15(13)21/h6-7,9-10,14H,5,8,11H2,1-4H3,(H,23,24)(H,25,26)/q+1/p-1. The molecule has 0 bridgehead atoms. The van der Waals surface area contributed by atoms with E-state index in [1.807, 2.05) is 0 Å². The molecule has 7 heteroatoms. The Bertz CT molecular complexity index is 731. The summed E-state index contributed by atoms with van der Waals surface area (Å²) in [6.07, 6.45) is -1.26. The zero-order valence-corrected chi connectivity index (χ0v) is 15.4. The van der Waals surface area contributed by atoms with Gasteiger partial charge in [0.15, 0.2) is 0 Å². The molecule has 1 aliphatic rings. The van der Waals surface area contributed by atoms with Gasteiger partial charge in [0, 0.05) is 12.5 Å². The highest BCUT2D eigenvalue weighted by Crippen LogP contribution is 2.52. The molecule has 0 aromatic heterocycles. The molecule has 1 radical (unpaired) electrons. The molecular formula is C19H24F2NO4. The third kappa shape index (κ3) is 2.98. The van der Waals surface area contributed by atoms with Crippen LogP contribution in [-0.2, 0) is 4.79 Å². The molecule has 1 saturated heterocycles. The van der Waals surface area contributed by atoms with Gasteiger partial charge >= 0.3 is 5.97 Å². The fourth-order valence-electron chi connectivity index (χ4n) is 3.93. The monoisotopic (exact) mass is 368 g/mol. The second kappa shape index (κ2) is 6.61. The summed E-state index contributed by atoms with van der Waals surface area (Å²) in [6, 6.07) is 2.96. The van der Waals surface area contributed by atoms with Crippen LogP contribution in [0.1, 0.15) is 52.0 Å². The number of carboxylic acids is 1. The Hall–Kier alpha value is -2.02. The van der Waals surface area contributed by atoms with Gasteiger partial charge in [-0.2, -0.15) is 0 Å². The maximum atomic E-state index is 14.5. The molecule has 3 atom stereocenters. The lowest BCUT2D eigenvalue weighted by Crippen LogP contribution is -2.70. The maximum Gasteiger partial charge on any atom is 0.310 e. The molecular weight excluding hydrogens is 344 g/mol. The topological polar surface area (TPSA) is 77.4 Å². The van der Waals surface area contributed by atoms with E-state index in [-0.39, 0.29) is 24.9 Å². The number of halogens is 2. The SMILES string of the molecule is CCC1(C(=O)O)C[CH][N+](C(=O)[O-])(C(C)(C)C)CC1c1ccc(F)cc1F. The highest BCUT2D eigenvalue weighted by molar-refractivity contribution is 5.77. The van der Waals surface area contributed by atoms with E-state index in [1.165, 1.54) is 12.6 Å². The van der Waals surface area contributed by atoms with Crippen LogP contribution in [0.5, 0.6) is 0 Å². The zero-order chi connectivity index (χ0) is 19.9. The summed E-state index contributed by atoms with van der Waals surface area (Å²) in [5.41, 5.74) is -2.19. The molecule has 26 heavy (non-hydrogen) atoms. The Labute approximate surface area is 151 Å². The van der Waals surface area contributed by atoms with E-state index < -0.39 is 45.1 Å². The first-order valence-corrected chi connectivity index (χ1v) is 8.53. The smallest absolute Gasteiger partial charge is 0.310 e. The molecule has 143 valence electrons. The van der Waals surface area contributed by atoms with Crippen LogP contribution in [-0.4, -0.2) is 33.7 Å². The van der Waals surface area contributed by atoms with Gasteiger partial charge in [-0.15, -0.1) is 0 Å². The number of piperidine rings is 1.